The van der Waals surface area contributed by atoms with Gasteiger partial charge in [0.15, 0.2) is 5.96 Å². The first-order valence-corrected chi connectivity index (χ1v) is 7.24. The molecule has 1 aliphatic carbocycles. The smallest absolute Gasteiger partial charge is 0.225 e. The van der Waals surface area contributed by atoms with Gasteiger partial charge in [0.1, 0.15) is 0 Å². The molecule has 0 aromatic rings. The van der Waals surface area contributed by atoms with Gasteiger partial charge in [-0.2, -0.15) is 0 Å². The van der Waals surface area contributed by atoms with Crippen LogP contribution >= 0.6 is 24.0 Å². The van der Waals surface area contributed by atoms with Crippen molar-refractivity contribution in [2.24, 2.45) is 16.1 Å². The van der Waals surface area contributed by atoms with Crippen LogP contribution in [0.25, 0.3) is 0 Å². The van der Waals surface area contributed by atoms with Gasteiger partial charge in [0.05, 0.1) is 6.54 Å². The zero-order chi connectivity index (χ0) is 14.3. The molecule has 20 heavy (non-hydrogen) atoms. The number of amides is 1. The van der Waals surface area contributed by atoms with E-state index in [-0.39, 0.29) is 35.3 Å². The fourth-order valence-electron chi connectivity index (χ4n) is 2.11. The van der Waals surface area contributed by atoms with E-state index in [2.05, 4.69) is 15.6 Å². The normalized spacial score (nSPS) is 17.2. The quantitative estimate of drug-likeness (QED) is 0.294. The molecule has 1 rings (SSSR count). The highest BCUT2D eigenvalue weighted by molar-refractivity contribution is 14.0. The maximum Gasteiger partial charge on any atom is 0.225 e. The Labute approximate surface area is 139 Å². The van der Waals surface area contributed by atoms with E-state index in [1.54, 1.807) is 0 Å². The minimum Gasteiger partial charge on any atom is -0.370 e. The first-order chi connectivity index (χ1) is 8.89. The van der Waals surface area contributed by atoms with Crippen molar-refractivity contribution >= 4 is 35.8 Å². The van der Waals surface area contributed by atoms with E-state index < -0.39 is 0 Å². The van der Waals surface area contributed by atoms with Crippen molar-refractivity contribution in [1.29, 1.82) is 0 Å². The number of nitrogens with two attached hydrogens (primary N) is 1. The van der Waals surface area contributed by atoms with Crippen LogP contribution in [0.1, 0.15) is 52.9 Å². The second-order valence-electron chi connectivity index (χ2n) is 6.25. The third kappa shape index (κ3) is 7.91. The Morgan fingerprint density at radius 1 is 1.25 bits per heavy atom. The summed E-state index contributed by atoms with van der Waals surface area (Å²) in [6.07, 6.45) is 6.22. The number of nitrogens with one attached hydrogen (secondary N) is 2. The molecular weight excluding hydrogens is 367 g/mol. The van der Waals surface area contributed by atoms with Crippen LogP contribution in [-0.2, 0) is 4.79 Å². The molecule has 0 saturated heterocycles. The van der Waals surface area contributed by atoms with Crippen LogP contribution in [0.4, 0.5) is 0 Å². The van der Waals surface area contributed by atoms with Crippen LogP contribution in [0.2, 0.25) is 0 Å². The van der Waals surface area contributed by atoms with Crippen LogP contribution < -0.4 is 16.4 Å². The third-order valence-corrected chi connectivity index (χ3v) is 3.32. The average molecular weight is 396 g/mol. The van der Waals surface area contributed by atoms with Crippen molar-refractivity contribution < 1.29 is 4.79 Å². The summed E-state index contributed by atoms with van der Waals surface area (Å²) in [5.41, 5.74) is 5.48. The Kier molecular flexibility index (Phi) is 9.16. The van der Waals surface area contributed by atoms with Crippen molar-refractivity contribution in [2.75, 3.05) is 13.1 Å². The van der Waals surface area contributed by atoms with Crippen molar-refractivity contribution in [3.63, 3.8) is 0 Å². The fourth-order valence-corrected chi connectivity index (χ4v) is 2.11. The lowest BCUT2D eigenvalue weighted by atomic mass is 9.96. The van der Waals surface area contributed by atoms with Gasteiger partial charge in [0, 0.05) is 18.0 Å². The standard InChI is InChI=1S/C14H28N4O.HI/c1-14(2,3)12(19)16-9-10-17-13(15)18-11-7-5-4-6-8-11;/h11H,4-10H2,1-3H3,(H,16,19)(H3,15,17,18);1H. The van der Waals surface area contributed by atoms with Crippen LogP contribution in [0.3, 0.4) is 0 Å². The van der Waals surface area contributed by atoms with Crippen molar-refractivity contribution in [3.8, 4) is 0 Å². The zero-order valence-corrected chi connectivity index (χ0v) is 15.2. The molecule has 0 unspecified atom stereocenters. The van der Waals surface area contributed by atoms with Crippen LogP contribution in [0, 0.1) is 5.41 Å². The van der Waals surface area contributed by atoms with Crippen molar-refractivity contribution in [1.82, 2.24) is 10.6 Å². The molecule has 5 nitrogen and oxygen atoms in total. The summed E-state index contributed by atoms with van der Waals surface area (Å²) in [7, 11) is 0. The Morgan fingerprint density at radius 2 is 1.85 bits per heavy atom. The van der Waals surface area contributed by atoms with Gasteiger partial charge < -0.3 is 16.4 Å². The molecule has 0 atom stereocenters. The first kappa shape index (κ1) is 19.5. The molecule has 0 aromatic carbocycles. The molecule has 4 N–H and O–H groups in total. The number of halogens is 1. The molecule has 118 valence electrons. The Bertz CT molecular complexity index is 320. The Morgan fingerprint density at radius 3 is 2.40 bits per heavy atom. The van der Waals surface area contributed by atoms with E-state index in [0.717, 1.165) is 0 Å². The highest BCUT2D eigenvalue weighted by Gasteiger charge is 2.20. The predicted molar refractivity (Wildman–Crippen MR) is 94.4 cm³/mol. The van der Waals surface area contributed by atoms with Gasteiger partial charge in [-0.3, -0.25) is 9.79 Å². The molecule has 0 bridgehead atoms. The van der Waals surface area contributed by atoms with Gasteiger partial charge in [-0.05, 0) is 12.8 Å². The number of aliphatic imine (C=N–C) groups is 1. The van der Waals surface area contributed by atoms with Gasteiger partial charge in [0.25, 0.3) is 0 Å². The first-order valence-electron chi connectivity index (χ1n) is 7.24. The van der Waals surface area contributed by atoms with Gasteiger partial charge >= 0.3 is 0 Å². The van der Waals surface area contributed by atoms with Crippen LogP contribution in [-0.4, -0.2) is 31.0 Å². The molecule has 6 heteroatoms. The average Bonchev–Trinajstić information content (AvgIpc) is 2.34. The van der Waals surface area contributed by atoms with E-state index in [1.165, 1.54) is 32.1 Å². The maximum absolute atomic E-state index is 11.6. The summed E-state index contributed by atoms with van der Waals surface area (Å²) in [5.74, 6) is 0.540. The van der Waals surface area contributed by atoms with Crippen LogP contribution in [0.5, 0.6) is 0 Å². The van der Waals surface area contributed by atoms with Gasteiger partial charge in [-0.15, -0.1) is 24.0 Å². The Balaban J connectivity index is 0.00000361. The number of hydrogen-bond acceptors (Lipinski definition) is 2. The SMILES string of the molecule is CC(C)(C)C(=O)NCCN=C(N)NC1CCCCC1.I. The minimum atomic E-state index is -0.352. The summed E-state index contributed by atoms with van der Waals surface area (Å²) in [6.45, 7) is 6.73. The highest BCUT2D eigenvalue weighted by atomic mass is 127. The molecule has 1 amide bonds. The predicted octanol–water partition coefficient (Wildman–Crippen LogP) is 2.00. The Hall–Kier alpha value is -0.530. The van der Waals surface area contributed by atoms with E-state index >= 15 is 0 Å². The second kappa shape index (κ2) is 9.41. The summed E-state index contributed by atoms with van der Waals surface area (Å²) < 4.78 is 0. The monoisotopic (exact) mass is 396 g/mol. The minimum absolute atomic E-state index is 0. The molecule has 0 aromatic heterocycles. The maximum atomic E-state index is 11.6. The summed E-state index contributed by atoms with van der Waals surface area (Å²) in [5, 5.41) is 6.10. The van der Waals surface area contributed by atoms with E-state index in [1.807, 2.05) is 20.8 Å². The molecular formula is C14H29IN4O. The van der Waals surface area contributed by atoms with Crippen molar-refractivity contribution in [2.45, 2.75) is 58.9 Å². The lowest BCUT2D eigenvalue weighted by molar-refractivity contribution is -0.128. The summed E-state index contributed by atoms with van der Waals surface area (Å²) in [6, 6.07) is 0.474. The summed E-state index contributed by atoms with van der Waals surface area (Å²) >= 11 is 0. The van der Waals surface area contributed by atoms with E-state index in [0.29, 0.717) is 25.1 Å². The van der Waals surface area contributed by atoms with Gasteiger partial charge in [0.2, 0.25) is 5.91 Å². The number of nitrogens with zero attached hydrogens (tertiary/aromatic N) is 1. The molecule has 0 heterocycles. The number of rotatable bonds is 4. The molecule has 0 radical (unpaired) electrons. The summed E-state index contributed by atoms with van der Waals surface area (Å²) in [4.78, 5) is 15.9. The van der Waals surface area contributed by atoms with Crippen LogP contribution in [0.15, 0.2) is 4.99 Å². The highest BCUT2D eigenvalue weighted by Crippen LogP contribution is 2.17. The number of guanidine groups is 1. The number of hydrogen-bond donors (Lipinski definition) is 3. The lowest BCUT2D eigenvalue weighted by Gasteiger charge is -2.23. The van der Waals surface area contributed by atoms with E-state index in [9.17, 15) is 4.79 Å². The largest absolute Gasteiger partial charge is 0.370 e. The molecule has 0 aliphatic heterocycles. The number of carbonyl (C=O) groups is 1. The number of carbonyl (C=O) groups excluding carboxylic acids is 1. The molecule has 0 spiro atoms. The molecule has 1 saturated carbocycles. The molecule has 1 fully saturated rings. The van der Waals surface area contributed by atoms with Gasteiger partial charge in [-0.1, -0.05) is 40.0 Å². The third-order valence-electron chi connectivity index (χ3n) is 3.32. The topological polar surface area (TPSA) is 79.5 Å². The zero-order valence-electron chi connectivity index (χ0n) is 12.9. The molecule has 1 aliphatic rings. The second-order valence-corrected chi connectivity index (χ2v) is 6.25. The van der Waals surface area contributed by atoms with E-state index in [4.69, 9.17) is 5.73 Å². The van der Waals surface area contributed by atoms with Gasteiger partial charge in [-0.25, -0.2) is 0 Å². The van der Waals surface area contributed by atoms with Crippen molar-refractivity contribution in [3.05, 3.63) is 0 Å². The fraction of sp³-hybridized carbons (Fsp3) is 0.857. The lowest BCUT2D eigenvalue weighted by Crippen LogP contribution is -2.41.